The van der Waals surface area contributed by atoms with Gasteiger partial charge in [0.05, 0.1) is 11.4 Å². The average Bonchev–Trinajstić information content (AvgIpc) is 3.22. The lowest BCUT2D eigenvalue weighted by atomic mass is 9.95. The van der Waals surface area contributed by atoms with Crippen LogP contribution in [-0.2, 0) is 16.1 Å². The van der Waals surface area contributed by atoms with E-state index in [9.17, 15) is 14.7 Å². The Morgan fingerprint density at radius 1 is 1.30 bits per heavy atom. The van der Waals surface area contributed by atoms with Gasteiger partial charge in [-0.05, 0) is 5.56 Å². The molecule has 120 valence electrons. The number of benzene rings is 1. The molecule has 1 N–H and O–H groups in total. The lowest BCUT2D eigenvalue weighted by Gasteiger charge is -2.15. The SMILES string of the molecule is O=C(O)C1CN(C(=O)OCc2ccccc2)CC1c1cncs1. The highest BCUT2D eigenvalue weighted by molar-refractivity contribution is 7.09. The van der Waals surface area contributed by atoms with Crippen molar-refractivity contribution in [2.75, 3.05) is 13.1 Å². The van der Waals surface area contributed by atoms with Crippen LogP contribution in [0.2, 0.25) is 0 Å². The number of amides is 1. The van der Waals surface area contributed by atoms with Gasteiger partial charge in [-0.25, -0.2) is 4.79 Å². The first-order valence-corrected chi connectivity index (χ1v) is 8.10. The predicted molar refractivity (Wildman–Crippen MR) is 84.2 cm³/mol. The summed E-state index contributed by atoms with van der Waals surface area (Å²) in [6.45, 7) is 0.678. The van der Waals surface area contributed by atoms with Gasteiger partial charge in [0.15, 0.2) is 0 Å². The van der Waals surface area contributed by atoms with Crippen molar-refractivity contribution < 1.29 is 19.4 Å². The smallest absolute Gasteiger partial charge is 0.410 e. The van der Waals surface area contributed by atoms with Crippen molar-refractivity contribution in [3.63, 3.8) is 0 Å². The molecule has 1 amide bonds. The highest BCUT2D eigenvalue weighted by Crippen LogP contribution is 2.35. The van der Waals surface area contributed by atoms with Crippen LogP contribution in [-0.4, -0.2) is 40.1 Å². The second-order valence-electron chi connectivity index (χ2n) is 5.40. The molecule has 1 aromatic carbocycles. The van der Waals surface area contributed by atoms with Crippen molar-refractivity contribution in [3.8, 4) is 0 Å². The molecular formula is C16H16N2O4S. The van der Waals surface area contributed by atoms with Crippen LogP contribution in [0.15, 0.2) is 42.0 Å². The Balaban J connectivity index is 1.64. The Kier molecular flexibility index (Phi) is 4.57. The van der Waals surface area contributed by atoms with E-state index in [1.807, 2.05) is 30.3 Å². The summed E-state index contributed by atoms with van der Waals surface area (Å²) in [6, 6.07) is 9.39. The van der Waals surface area contributed by atoms with Gasteiger partial charge in [-0.3, -0.25) is 9.78 Å². The van der Waals surface area contributed by atoms with Crippen LogP contribution in [0.1, 0.15) is 16.4 Å². The van der Waals surface area contributed by atoms with Crippen LogP contribution in [0.3, 0.4) is 0 Å². The van der Waals surface area contributed by atoms with E-state index in [1.54, 1.807) is 11.7 Å². The number of carboxylic acid groups (broad SMARTS) is 1. The molecular weight excluding hydrogens is 316 g/mol. The molecule has 0 saturated carbocycles. The van der Waals surface area contributed by atoms with E-state index in [2.05, 4.69) is 4.98 Å². The van der Waals surface area contributed by atoms with E-state index >= 15 is 0 Å². The number of aromatic nitrogens is 1. The van der Waals surface area contributed by atoms with Crippen molar-refractivity contribution in [2.45, 2.75) is 12.5 Å². The van der Waals surface area contributed by atoms with Crippen LogP contribution in [0.25, 0.3) is 0 Å². The maximum atomic E-state index is 12.2. The van der Waals surface area contributed by atoms with E-state index in [0.717, 1.165) is 10.4 Å². The van der Waals surface area contributed by atoms with Crippen molar-refractivity contribution >= 4 is 23.4 Å². The standard InChI is InChI=1S/C16H16N2O4S/c19-15(20)13-8-18(7-12(13)14-6-17-10-23-14)16(21)22-9-11-4-2-1-3-5-11/h1-6,10,12-13H,7-9H2,(H,19,20). The summed E-state index contributed by atoms with van der Waals surface area (Å²) in [6.07, 6.45) is 1.19. The topological polar surface area (TPSA) is 79.7 Å². The first-order valence-electron chi connectivity index (χ1n) is 7.22. The number of ether oxygens (including phenoxy) is 1. The second-order valence-corrected chi connectivity index (χ2v) is 6.32. The fourth-order valence-electron chi connectivity index (χ4n) is 2.71. The third-order valence-corrected chi connectivity index (χ3v) is 4.82. The van der Waals surface area contributed by atoms with E-state index in [4.69, 9.17) is 4.74 Å². The molecule has 2 atom stereocenters. The van der Waals surface area contributed by atoms with Crippen LogP contribution >= 0.6 is 11.3 Å². The van der Waals surface area contributed by atoms with Crippen LogP contribution in [0.4, 0.5) is 4.79 Å². The number of aliphatic carboxylic acids is 1. The number of hydrogen-bond acceptors (Lipinski definition) is 5. The maximum Gasteiger partial charge on any atom is 0.410 e. The number of nitrogens with zero attached hydrogens (tertiary/aromatic N) is 2. The number of rotatable bonds is 4. The van der Waals surface area contributed by atoms with Crippen molar-refractivity contribution in [3.05, 3.63) is 52.5 Å². The lowest BCUT2D eigenvalue weighted by molar-refractivity contribution is -0.141. The molecule has 2 unspecified atom stereocenters. The summed E-state index contributed by atoms with van der Waals surface area (Å²) in [7, 11) is 0. The molecule has 23 heavy (non-hydrogen) atoms. The third-order valence-electron chi connectivity index (χ3n) is 3.92. The van der Waals surface area contributed by atoms with Gasteiger partial charge < -0.3 is 14.7 Å². The van der Waals surface area contributed by atoms with Crippen molar-refractivity contribution in [2.24, 2.45) is 5.92 Å². The zero-order valence-electron chi connectivity index (χ0n) is 12.3. The summed E-state index contributed by atoms with van der Waals surface area (Å²) >= 11 is 1.41. The van der Waals surface area contributed by atoms with Crippen molar-refractivity contribution in [1.29, 1.82) is 0 Å². The quantitative estimate of drug-likeness (QED) is 0.931. The fourth-order valence-corrected chi connectivity index (χ4v) is 3.49. The van der Waals surface area contributed by atoms with Gasteiger partial charge in [0.25, 0.3) is 0 Å². The Bertz CT molecular complexity index is 675. The molecule has 6 nitrogen and oxygen atoms in total. The van der Waals surface area contributed by atoms with E-state index in [0.29, 0.717) is 6.54 Å². The molecule has 7 heteroatoms. The maximum absolute atomic E-state index is 12.2. The summed E-state index contributed by atoms with van der Waals surface area (Å²) in [4.78, 5) is 30.0. The number of thiazole rings is 1. The van der Waals surface area contributed by atoms with Gasteiger partial charge in [-0.2, -0.15) is 0 Å². The number of carboxylic acids is 1. The Hall–Kier alpha value is -2.41. The predicted octanol–water partition coefficient (Wildman–Crippen LogP) is 2.58. The Morgan fingerprint density at radius 2 is 2.09 bits per heavy atom. The summed E-state index contributed by atoms with van der Waals surface area (Å²) < 4.78 is 5.29. The zero-order chi connectivity index (χ0) is 16.2. The van der Waals surface area contributed by atoms with E-state index in [-0.39, 0.29) is 19.1 Å². The summed E-state index contributed by atoms with van der Waals surface area (Å²) in [5.41, 5.74) is 2.57. The largest absolute Gasteiger partial charge is 0.481 e. The normalized spacial score (nSPS) is 20.4. The first-order chi connectivity index (χ1) is 11.1. The highest BCUT2D eigenvalue weighted by atomic mass is 32.1. The van der Waals surface area contributed by atoms with Gasteiger partial charge in [0.1, 0.15) is 6.61 Å². The van der Waals surface area contributed by atoms with E-state index < -0.39 is 18.0 Å². The van der Waals surface area contributed by atoms with Crippen LogP contribution < -0.4 is 0 Å². The minimum atomic E-state index is -0.901. The molecule has 0 aliphatic carbocycles. The van der Waals surface area contributed by atoms with Gasteiger partial charge in [-0.15, -0.1) is 11.3 Å². The Labute approximate surface area is 137 Å². The molecule has 1 aromatic heterocycles. The minimum absolute atomic E-state index is 0.158. The van der Waals surface area contributed by atoms with Gasteiger partial charge in [-0.1, -0.05) is 30.3 Å². The first kappa shape index (κ1) is 15.5. The molecule has 0 spiro atoms. The molecule has 1 fully saturated rings. The van der Waals surface area contributed by atoms with Crippen LogP contribution in [0.5, 0.6) is 0 Å². The zero-order valence-corrected chi connectivity index (χ0v) is 13.1. The molecule has 0 bridgehead atoms. The number of likely N-dealkylation sites (tertiary alicyclic amines) is 1. The fraction of sp³-hybridized carbons (Fsp3) is 0.312. The number of carbonyl (C=O) groups is 2. The molecule has 0 radical (unpaired) electrons. The van der Waals surface area contributed by atoms with Crippen molar-refractivity contribution in [1.82, 2.24) is 9.88 Å². The molecule has 2 aromatic rings. The average molecular weight is 332 g/mol. The molecule has 1 saturated heterocycles. The van der Waals surface area contributed by atoms with Crippen LogP contribution in [0, 0.1) is 5.92 Å². The summed E-state index contributed by atoms with van der Waals surface area (Å²) in [5.74, 6) is -1.76. The summed E-state index contributed by atoms with van der Waals surface area (Å²) in [5, 5.41) is 9.40. The molecule has 1 aliphatic rings. The van der Waals surface area contributed by atoms with Gasteiger partial charge in [0.2, 0.25) is 0 Å². The van der Waals surface area contributed by atoms with E-state index in [1.165, 1.54) is 16.2 Å². The Morgan fingerprint density at radius 3 is 2.74 bits per heavy atom. The number of carbonyl (C=O) groups excluding carboxylic acids is 1. The second kappa shape index (κ2) is 6.78. The monoisotopic (exact) mass is 332 g/mol. The molecule has 2 heterocycles. The van der Waals surface area contributed by atoms with Gasteiger partial charge in [0, 0.05) is 30.1 Å². The molecule has 1 aliphatic heterocycles. The lowest BCUT2D eigenvalue weighted by Crippen LogP contribution is -2.30. The highest BCUT2D eigenvalue weighted by Gasteiger charge is 2.41. The molecule has 3 rings (SSSR count). The number of hydrogen-bond donors (Lipinski definition) is 1. The van der Waals surface area contributed by atoms with Gasteiger partial charge >= 0.3 is 12.1 Å². The third kappa shape index (κ3) is 3.50. The minimum Gasteiger partial charge on any atom is -0.481 e.